The van der Waals surface area contributed by atoms with Gasteiger partial charge in [-0.1, -0.05) is 6.42 Å². The van der Waals surface area contributed by atoms with Crippen molar-refractivity contribution in [2.45, 2.75) is 24.6 Å². The number of nitrogens with zero attached hydrogens (tertiary/aromatic N) is 2. The molecule has 0 atom stereocenters. The van der Waals surface area contributed by atoms with Crippen LogP contribution in [-0.2, 0) is 5.38 Å². The fraction of sp³-hybridized carbons (Fsp3) is 0.500. The molecule has 16 heavy (non-hydrogen) atoms. The molecule has 86 valence electrons. The third-order valence-electron chi connectivity index (χ3n) is 2.72. The Kier molecular flexibility index (Phi) is 2.88. The topological polar surface area (TPSA) is 42.9 Å². The minimum Gasteiger partial charge on any atom is -0.294 e. The number of hydrogen-bond donors (Lipinski definition) is 0. The molecule has 1 aromatic heterocycles. The first kappa shape index (κ1) is 11.4. The molecule has 1 fully saturated rings. The second-order valence-corrected chi connectivity index (χ2v) is 4.25. The van der Waals surface area contributed by atoms with Crippen LogP contribution in [0.5, 0.6) is 0 Å². The molecule has 6 heteroatoms. The molecule has 0 radical (unpaired) electrons. The molecule has 3 nitrogen and oxygen atoms in total. The Labute approximate surface area is 95.9 Å². The Morgan fingerprint density at radius 3 is 2.69 bits per heavy atom. The zero-order valence-electron chi connectivity index (χ0n) is 8.29. The second kappa shape index (κ2) is 4.05. The lowest BCUT2D eigenvalue weighted by Gasteiger charge is -2.24. The summed E-state index contributed by atoms with van der Waals surface area (Å²) in [6, 6.07) is 0. The monoisotopic (exact) mass is 246 g/mol. The summed E-state index contributed by atoms with van der Waals surface area (Å²) in [5.74, 6) is -0.508. The van der Waals surface area contributed by atoms with Crippen molar-refractivity contribution in [3.63, 3.8) is 0 Å². The summed E-state index contributed by atoms with van der Waals surface area (Å²) < 4.78 is 26.0. The first-order valence-corrected chi connectivity index (χ1v) is 5.29. The quantitative estimate of drug-likeness (QED) is 0.608. The van der Waals surface area contributed by atoms with Gasteiger partial charge in [-0.15, -0.1) is 0 Å². The van der Waals surface area contributed by atoms with Crippen molar-refractivity contribution < 1.29 is 13.6 Å². The lowest BCUT2D eigenvalue weighted by molar-refractivity contribution is 0.0774. The van der Waals surface area contributed by atoms with E-state index in [9.17, 15) is 13.6 Å². The van der Waals surface area contributed by atoms with E-state index in [0.29, 0.717) is 0 Å². The van der Waals surface area contributed by atoms with Crippen molar-refractivity contribution in [2.24, 2.45) is 5.92 Å². The van der Waals surface area contributed by atoms with E-state index >= 15 is 0 Å². The number of ketones is 1. The molecular formula is C10H9ClF2N2O. The standard InChI is InChI=1S/C10H9ClF2N2O/c11-10(12,13)9-7(4-14-5-15-9)8(16)6-2-1-3-6/h4-6H,1-3H2. The van der Waals surface area contributed by atoms with Gasteiger partial charge in [-0.05, 0) is 24.4 Å². The Morgan fingerprint density at radius 2 is 2.19 bits per heavy atom. The van der Waals surface area contributed by atoms with Crippen molar-refractivity contribution >= 4 is 17.4 Å². The SMILES string of the molecule is O=C(c1cncnc1C(F)(F)Cl)C1CCC1. The zero-order chi connectivity index (χ0) is 11.8. The summed E-state index contributed by atoms with van der Waals surface area (Å²) in [6.07, 6.45) is 4.50. The number of halogens is 3. The van der Waals surface area contributed by atoms with Crippen molar-refractivity contribution in [1.29, 1.82) is 0 Å². The van der Waals surface area contributed by atoms with E-state index in [1.807, 2.05) is 0 Å². The minimum absolute atomic E-state index is 0.160. The van der Waals surface area contributed by atoms with Crippen LogP contribution in [0.2, 0.25) is 0 Å². The summed E-state index contributed by atoms with van der Waals surface area (Å²) in [5, 5.41) is -3.63. The third kappa shape index (κ3) is 2.04. The predicted molar refractivity (Wildman–Crippen MR) is 53.5 cm³/mol. The maximum Gasteiger partial charge on any atom is 0.365 e. The van der Waals surface area contributed by atoms with Gasteiger partial charge in [0, 0.05) is 12.1 Å². The van der Waals surface area contributed by atoms with Crippen LogP contribution in [0.1, 0.15) is 35.3 Å². The number of aromatic nitrogens is 2. The van der Waals surface area contributed by atoms with Gasteiger partial charge in [-0.2, -0.15) is 8.78 Å². The molecule has 0 aromatic carbocycles. The van der Waals surface area contributed by atoms with Crippen LogP contribution >= 0.6 is 11.6 Å². The molecule has 1 aliphatic rings. The molecule has 1 aromatic rings. The highest BCUT2D eigenvalue weighted by atomic mass is 35.5. The fourth-order valence-corrected chi connectivity index (χ4v) is 1.78. The van der Waals surface area contributed by atoms with Crippen LogP contribution in [0.15, 0.2) is 12.5 Å². The van der Waals surface area contributed by atoms with Crippen LogP contribution in [0.4, 0.5) is 8.78 Å². The van der Waals surface area contributed by atoms with Crippen LogP contribution in [-0.4, -0.2) is 15.8 Å². The van der Waals surface area contributed by atoms with Crippen LogP contribution in [0.25, 0.3) is 0 Å². The number of rotatable bonds is 3. The zero-order valence-corrected chi connectivity index (χ0v) is 9.05. The van der Waals surface area contributed by atoms with E-state index in [0.717, 1.165) is 31.8 Å². The van der Waals surface area contributed by atoms with Crippen molar-refractivity contribution in [1.82, 2.24) is 9.97 Å². The molecule has 1 heterocycles. The van der Waals surface area contributed by atoms with Gasteiger partial charge in [0.15, 0.2) is 5.78 Å². The highest BCUT2D eigenvalue weighted by Gasteiger charge is 2.37. The normalized spacial score (nSPS) is 16.9. The molecule has 2 rings (SSSR count). The average Bonchev–Trinajstić information content (AvgIpc) is 2.13. The average molecular weight is 247 g/mol. The molecule has 0 unspecified atom stereocenters. The van der Waals surface area contributed by atoms with Gasteiger partial charge in [0.25, 0.3) is 0 Å². The summed E-state index contributed by atoms with van der Waals surface area (Å²) >= 11 is 4.90. The molecule has 0 bridgehead atoms. The lowest BCUT2D eigenvalue weighted by Crippen LogP contribution is -2.25. The van der Waals surface area contributed by atoms with Gasteiger partial charge in [0.2, 0.25) is 0 Å². The van der Waals surface area contributed by atoms with Gasteiger partial charge >= 0.3 is 5.38 Å². The van der Waals surface area contributed by atoms with Crippen molar-refractivity contribution in [3.05, 3.63) is 23.8 Å². The number of Topliss-reactive ketones (excluding diaryl/α,β-unsaturated/α-hetero) is 1. The highest BCUT2D eigenvalue weighted by molar-refractivity contribution is 6.22. The summed E-state index contributed by atoms with van der Waals surface area (Å²) in [6.45, 7) is 0. The Hall–Kier alpha value is -1.10. The Balaban J connectivity index is 2.36. The number of carbonyl (C=O) groups excluding carboxylic acids is 1. The van der Waals surface area contributed by atoms with Crippen LogP contribution < -0.4 is 0 Å². The van der Waals surface area contributed by atoms with E-state index in [1.54, 1.807) is 0 Å². The van der Waals surface area contributed by atoms with Gasteiger partial charge < -0.3 is 0 Å². The van der Waals surface area contributed by atoms with Crippen molar-refractivity contribution in [2.75, 3.05) is 0 Å². The number of hydrogen-bond acceptors (Lipinski definition) is 3. The smallest absolute Gasteiger partial charge is 0.294 e. The van der Waals surface area contributed by atoms with E-state index < -0.39 is 11.1 Å². The maximum atomic E-state index is 13.0. The summed E-state index contributed by atoms with van der Waals surface area (Å²) in [5.41, 5.74) is -0.853. The maximum absolute atomic E-state index is 13.0. The summed E-state index contributed by atoms with van der Waals surface area (Å²) in [4.78, 5) is 18.8. The van der Waals surface area contributed by atoms with Gasteiger partial charge in [-0.25, -0.2) is 9.97 Å². The van der Waals surface area contributed by atoms with Gasteiger partial charge in [0.05, 0.1) is 5.56 Å². The van der Waals surface area contributed by atoms with E-state index in [4.69, 9.17) is 11.6 Å². The molecule has 0 saturated heterocycles. The molecule has 0 spiro atoms. The second-order valence-electron chi connectivity index (χ2n) is 3.77. The van der Waals surface area contributed by atoms with Gasteiger partial charge in [-0.3, -0.25) is 4.79 Å². The number of alkyl halides is 3. The summed E-state index contributed by atoms with van der Waals surface area (Å²) in [7, 11) is 0. The molecule has 1 saturated carbocycles. The Morgan fingerprint density at radius 1 is 1.50 bits per heavy atom. The highest BCUT2D eigenvalue weighted by Crippen LogP contribution is 2.36. The van der Waals surface area contributed by atoms with Crippen LogP contribution in [0, 0.1) is 5.92 Å². The van der Waals surface area contributed by atoms with E-state index in [1.165, 1.54) is 0 Å². The third-order valence-corrected chi connectivity index (χ3v) is 2.90. The molecular weight excluding hydrogens is 238 g/mol. The number of carbonyl (C=O) groups is 1. The largest absolute Gasteiger partial charge is 0.365 e. The van der Waals surface area contributed by atoms with Crippen LogP contribution in [0.3, 0.4) is 0 Å². The predicted octanol–water partition coefficient (Wildman–Crippen LogP) is 2.75. The lowest BCUT2D eigenvalue weighted by atomic mass is 9.80. The van der Waals surface area contributed by atoms with Crippen molar-refractivity contribution in [3.8, 4) is 0 Å². The molecule has 0 aliphatic heterocycles. The molecule has 0 amide bonds. The van der Waals surface area contributed by atoms with Gasteiger partial charge in [0.1, 0.15) is 12.0 Å². The molecule has 0 N–H and O–H groups in total. The minimum atomic E-state index is -3.63. The van der Waals surface area contributed by atoms with E-state index in [2.05, 4.69) is 9.97 Å². The Bertz CT molecular complexity index is 416. The first-order valence-electron chi connectivity index (χ1n) is 4.91. The fourth-order valence-electron chi connectivity index (χ4n) is 1.63. The van der Waals surface area contributed by atoms with E-state index in [-0.39, 0.29) is 17.3 Å². The molecule has 1 aliphatic carbocycles. The first-order chi connectivity index (χ1) is 7.50.